The predicted octanol–water partition coefficient (Wildman–Crippen LogP) is 5.51. The molecule has 6 nitrogen and oxygen atoms in total. The number of hydrogen-bond acceptors (Lipinski definition) is 5. The summed E-state index contributed by atoms with van der Waals surface area (Å²) in [5.74, 6) is 1.43. The minimum absolute atomic E-state index is 0.0292. The Kier molecular flexibility index (Phi) is 8.76. The van der Waals surface area contributed by atoms with Crippen LogP contribution in [0.2, 0.25) is 0 Å². The molecule has 36 heavy (non-hydrogen) atoms. The maximum absolute atomic E-state index is 12.7. The molecular formula is C30H51NO5. The second-order valence-electron chi connectivity index (χ2n) is 13.2. The highest BCUT2D eigenvalue weighted by Crippen LogP contribution is 2.67. The molecule has 0 heterocycles. The zero-order valence-electron chi connectivity index (χ0n) is 23.2. The molecule has 4 aliphatic carbocycles. The van der Waals surface area contributed by atoms with Gasteiger partial charge in [-0.3, -0.25) is 9.59 Å². The van der Waals surface area contributed by atoms with Gasteiger partial charge in [0.2, 0.25) is 0 Å². The van der Waals surface area contributed by atoms with Crippen LogP contribution in [0.1, 0.15) is 105 Å². The van der Waals surface area contributed by atoms with Crippen LogP contribution < -0.4 is 0 Å². The summed E-state index contributed by atoms with van der Waals surface area (Å²) in [7, 11) is 0. The van der Waals surface area contributed by atoms with Gasteiger partial charge in [0.15, 0.2) is 0 Å². The Bertz CT molecular complexity index is 781. The van der Waals surface area contributed by atoms with Crippen molar-refractivity contribution in [3.05, 3.63) is 0 Å². The maximum atomic E-state index is 12.7. The van der Waals surface area contributed by atoms with Crippen LogP contribution in [0, 0.1) is 40.4 Å². The molecule has 4 aliphatic rings. The molecule has 9 atom stereocenters. The van der Waals surface area contributed by atoms with Crippen molar-refractivity contribution in [2.24, 2.45) is 40.4 Å². The zero-order chi connectivity index (χ0) is 26.1. The van der Waals surface area contributed by atoms with Gasteiger partial charge in [0.1, 0.15) is 6.10 Å². The van der Waals surface area contributed by atoms with Crippen LogP contribution in [0.15, 0.2) is 0 Å². The van der Waals surface area contributed by atoms with Crippen molar-refractivity contribution in [2.75, 3.05) is 19.6 Å². The van der Waals surface area contributed by atoms with E-state index in [0.29, 0.717) is 30.2 Å². The monoisotopic (exact) mass is 505 g/mol. The normalized spacial score (nSPS) is 40.7. The van der Waals surface area contributed by atoms with Gasteiger partial charge in [0.25, 0.3) is 0 Å². The van der Waals surface area contributed by atoms with E-state index in [2.05, 4.69) is 32.6 Å². The van der Waals surface area contributed by atoms with E-state index in [4.69, 9.17) is 4.74 Å². The van der Waals surface area contributed by atoms with E-state index in [1.54, 1.807) is 0 Å². The lowest BCUT2D eigenvalue weighted by atomic mass is 9.44. The number of fused-ring (bicyclic) bond motifs is 5. The van der Waals surface area contributed by atoms with Crippen LogP contribution in [0.3, 0.4) is 0 Å². The SMILES string of the molecule is CCCN(CCC)CC(O)CC(=O)OC1CC[C@@]2(C)C(CC[C@@H]3[C@H]2CC[C@]2(C)C(C(=O)O)CC[C@@H]32)C1. The highest BCUT2D eigenvalue weighted by atomic mass is 16.5. The third-order valence-corrected chi connectivity index (χ3v) is 11.2. The highest BCUT2D eigenvalue weighted by Gasteiger charge is 2.61. The van der Waals surface area contributed by atoms with Crippen LogP contribution >= 0.6 is 0 Å². The van der Waals surface area contributed by atoms with Gasteiger partial charge in [-0.15, -0.1) is 0 Å². The van der Waals surface area contributed by atoms with Crippen molar-refractivity contribution in [1.82, 2.24) is 4.90 Å². The van der Waals surface area contributed by atoms with Gasteiger partial charge < -0.3 is 19.8 Å². The van der Waals surface area contributed by atoms with Gasteiger partial charge in [0.05, 0.1) is 18.4 Å². The number of carbonyl (C=O) groups is 2. The molecule has 6 heteroatoms. The van der Waals surface area contributed by atoms with Gasteiger partial charge in [-0.2, -0.15) is 0 Å². The van der Waals surface area contributed by atoms with Crippen molar-refractivity contribution >= 4 is 11.9 Å². The molecule has 2 N–H and O–H groups in total. The molecule has 0 aromatic carbocycles. The summed E-state index contributed by atoms with van der Waals surface area (Å²) < 4.78 is 5.94. The van der Waals surface area contributed by atoms with Crippen LogP contribution in [-0.4, -0.2) is 58.9 Å². The van der Waals surface area contributed by atoms with Gasteiger partial charge in [-0.1, -0.05) is 27.7 Å². The number of carbonyl (C=O) groups excluding carboxylic acids is 1. The van der Waals surface area contributed by atoms with E-state index in [9.17, 15) is 19.8 Å². The molecule has 0 radical (unpaired) electrons. The first kappa shape index (κ1) is 27.9. The number of carboxylic acid groups (broad SMARTS) is 1. The van der Waals surface area contributed by atoms with Crippen molar-refractivity contribution in [3.63, 3.8) is 0 Å². The van der Waals surface area contributed by atoms with E-state index in [-0.39, 0.29) is 35.2 Å². The lowest BCUT2D eigenvalue weighted by Crippen LogP contribution is -2.54. The van der Waals surface area contributed by atoms with E-state index in [1.807, 2.05) is 0 Å². The summed E-state index contributed by atoms with van der Waals surface area (Å²) in [4.78, 5) is 26.9. The number of rotatable bonds is 10. The number of carboxylic acids is 1. The standard InChI is InChI=1S/C30H51NO5/c1-5-15-31(16-6-2)19-21(32)18-27(33)36-22-11-13-29(3)20(17-22)7-8-23-24-9-10-26(28(34)35)30(24,4)14-12-25(23)29/h20-26,32H,5-19H2,1-4H3,(H,34,35)/t20?,21?,22?,23-,24-,25+,26?,29-,30-/m0/s1. The third-order valence-electron chi connectivity index (χ3n) is 11.2. The molecule has 4 rings (SSSR count). The number of nitrogens with zero attached hydrogens (tertiary/aromatic N) is 1. The summed E-state index contributed by atoms with van der Waals surface area (Å²) in [6, 6.07) is 0. The predicted molar refractivity (Wildman–Crippen MR) is 140 cm³/mol. The Balaban J connectivity index is 1.31. The average molecular weight is 506 g/mol. The van der Waals surface area contributed by atoms with E-state index in [0.717, 1.165) is 70.9 Å². The Morgan fingerprint density at radius 2 is 1.61 bits per heavy atom. The first-order valence-corrected chi connectivity index (χ1v) is 14.9. The highest BCUT2D eigenvalue weighted by molar-refractivity contribution is 5.71. The Morgan fingerprint density at radius 1 is 0.944 bits per heavy atom. The fourth-order valence-electron chi connectivity index (χ4n) is 9.45. The maximum Gasteiger partial charge on any atom is 0.308 e. The molecule has 0 aromatic rings. The van der Waals surface area contributed by atoms with Crippen LogP contribution in [0.4, 0.5) is 0 Å². The smallest absolute Gasteiger partial charge is 0.308 e. The average Bonchev–Trinajstić information content (AvgIpc) is 3.17. The van der Waals surface area contributed by atoms with Crippen LogP contribution in [-0.2, 0) is 14.3 Å². The summed E-state index contributed by atoms with van der Waals surface area (Å²) in [6.07, 6.45) is 10.9. The van der Waals surface area contributed by atoms with Crippen molar-refractivity contribution in [2.45, 2.75) is 117 Å². The van der Waals surface area contributed by atoms with Gasteiger partial charge in [-0.25, -0.2) is 0 Å². The Morgan fingerprint density at radius 3 is 2.28 bits per heavy atom. The molecule has 4 unspecified atom stereocenters. The lowest BCUT2D eigenvalue weighted by Gasteiger charge is -2.60. The molecule has 0 spiro atoms. The topological polar surface area (TPSA) is 87.1 Å². The molecule has 0 aliphatic heterocycles. The quantitative estimate of drug-likeness (QED) is 0.381. The van der Waals surface area contributed by atoms with Gasteiger partial charge >= 0.3 is 11.9 Å². The molecular weight excluding hydrogens is 454 g/mol. The summed E-state index contributed by atoms with van der Waals surface area (Å²) in [5, 5.41) is 20.3. The number of aliphatic carboxylic acids is 1. The second-order valence-corrected chi connectivity index (χ2v) is 13.2. The van der Waals surface area contributed by atoms with Crippen LogP contribution in [0.25, 0.3) is 0 Å². The number of esters is 1. The lowest BCUT2D eigenvalue weighted by molar-refractivity contribution is -0.166. The van der Waals surface area contributed by atoms with Crippen molar-refractivity contribution < 1.29 is 24.5 Å². The largest absolute Gasteiger partial charge is 0.481 e. The second kappa shape index (κ2) is 11.3. The first-order chi connectivity index (χ1) is 17.1. The van der Waals surface area contributed by atoms with Crippen molar-refractivity contribution in [1.29, 1.82) is 0 Å². The minimum Gasteiger partial charge on any atom is -0.481 e. The number of hydrogen-bond donors (Lipinski definition) is 2. The molecule has 4 saturated carbocycles. The Labute approximate surface area is 218 Å². The molecule has 206 valence electrons. The number of aliphatic hydroxyl groups excluding tert-OH is 1. The number of aliphatic hydroxyl groups is 1. The molecule has 0 bridgehead atoms. The molecule has 0 saturated heterocycles. The van der Waals surface area contributed by atoms with Gasteiger partial charge in [-0.05, 0) is 118 Å². The first-order valence-electron chi connectivity index (χ1n) is 14.9. The summed E-state index contributed by atoms with van der Waals surface area (Å²) >= 11 is 0. The summed E-state index contributed by atoms with van der Waals surface area (Å²) in [5.41, 5.74) is 0.238. The zero-order valence-corrected chi connectivity index (χ0v) is 23.2. The van der Waals surface area contributed by atoms with Gasteiger partial charge in [0, 0.05) is 6.54 Å². The van der Waals surface area contributed by atoms with Crippen molar-refractivity contribution in [3.8, 4) is 0 Å². The van der Waals surface area contributed by atoms with E-state index >= 15 is 0 Å². The summed E-state index contributed by atoms with van der Waals surface area (Å²) in [6.45, 7) is 11.5. The van der Waals surface area contributed by atoms with E-state index in [1.165, 1.54) is 12.8 Å². The minimum atomic E-state index is -0.669. The fraction of sp³-hybridized carbons (Fsp3) is 0.933. The third kappa shape index (κ3) is 5.36. The molecule has 0 aromatic heterocycles. The fourth-order valence-corrected chi connectivity index (χ4v) is 9.45. The molecule has 4 fully saturated rings. The Hall–Kier alpha value is -1.14. The van der Waals surface area contributed by atoms with E-state index < -0.39 is 12.1 Å². The number of ether oxygens (including phenoxy) is 1. The molecule has 0 amide bonds. The van der Waals surface area contributed by atoms with Crippen LogP contribution in [0.5, 0.6) is 0 Å².